The van der Waals surface area contributed by atoms with Crippen molar-refractivity contribution in [1.82, 2.24) is 10.2 Å². The van der Waals surface area contributed by atoms with E-state index in [9.17, 15) is 8.42 Å². The third-order valence-corrected chi connectivity index (χ3v) is 5.63. The maximum absolute atomic E-state index is 11.2. The average Bonchev–Trinajstić information content (AvgIpc) is 2.26. The van der Waals surface area contributed by atoms with Crippen molar-refractivity contribution >= 4 is 9.84 Å². The van der Waals surface area contributed by atoms with Crippen molar-refractivity contribution in [1.29, 1.82) is 0 Å². The van der Waals surface area contributed by atoms with Crippen LogP contribution in [-0.2, 0) is 9.84 Å². The number of nitrogens with one attached hydrogen (secondary N) is 1. The monoisotopic (exact) mass is 288 g/mol. The lowest BCUT2D eigenvalue weighted by Gasteiger charge is -2.49. The lowest BCUT2D eigenvalue weighted by Crippen LogP contribution is -2.58. The molecule has 4 nitrogen and oxygen atoms in total. The highest BCUT2D eigenvalue weighted by molar-refractivity contribution is 7.90. The number of rotatable bonds is 5. The third-order valence-electron chi connectivity index (χ3n) is 4.69. The number of likely N-dealkylation sites (tertiary alicyclic amines) is 1. The van der Waals surface area contributed by atoms with Gasteiger partial charge in [0.2, 0.25) is 0 Å². The molecule has 0 amide bonds. The molecule has 0 aromatic carbocycles. The second-order valence-electron chi connectivity index (χ2n) is 6.61. The van der Waals surface area contributed by atoms with Crippen LogP contribution in [-0.4, -0.2) is 57.0 Å². The van der Waals surface area contributed by atoms with Crippen LogP contribution >= 0.6 is 0 Å². The third kappa shape index (κ3) is 4.17. The molecular weight excluding hydrogens is 260 g/mol. The zero-order valence-electron chi connectivity index (χ0n) is 12.4. The summed E-state index contributed by atoms with van der Waals surface area (Å²) in [5, 5.41) is 3.53. The van der Waals surface area contributed by atoms with Gasteiger partial charge in [-0.2, -0.15) is 0 Å². The Morgan fingerprint density at radius 3 is 2.26 bits per heavy atom. The van der Waals surface area contributed by atoms with Gasteiger partial charge in [-0.1, -0.05) is 6.42 Å². The first kappa shape index (κ1) is 15.3. The van der Waals surface area contributed by atoms with E-state index in [2.05, 4.69) is 24.1 Å². The molecular formula is C14H28N2O2S. The van der Waals surface area contributed by atoms with E-state index in [4.69, 9.17) is 0 Å². The van der Waals surface area contributed by atoms with Gasteiger partial charge in [-0.05, 0) is 38.5 Å². The van der Waals surface area contributed by atoms with Crippen LogP contribution in [0.15, 0.2) is 0 Å². The summed E-state index contributed by atoms with van der Waals surface area (Å²) in [5.74, 6) is 1.67. The van der Waals surface area contributed by atoms with E-state index < -0.39 is 9.84 Å². The molecule has 2 bridgehead atoms. The Balaban J connectivity index is 1.91. The largest absolute Gasteiger partial charge is 0.312 e. The topological polar surface area (TPSA) is 49.4 Å². The van der Waals surface area contributed by atoms with Crippen LogP contribution in [0.25, 0.3) is 0 Å². The summed E-state index contributed by atoms with van der Waals surface area (Å²) >= 11 is 0. The van der Waals surface area contributed by atoms with Gasteiger partial charge in [0.1, 0.15) is 9.84 Å². The predicted molar refractivity (Wildman–Crippen MR) is 79.0 cm³/mol. The SMILES string of the molecule is CC(C)N1CC2CCCC(C1)C2NCCS(C)(=O)=O. The Morgan fingerprint density at radius 2 is 1.79 bits per heavy atom. The molecule has 2 unspecified atom stereocenters. The highest BCUT2D eigenvalue weighted by atomic mass is 32.2. The Hall–Kier alpha value is -0.130. The van der Waals surface area contributed by atoms with Crippen LogP contribution in [0.3, 0.4) is 0 Å². The summed E-state index contributed by atoms with van der Waals surface area (Å²) in [5.41, 5.74) is 0. The highest BCUT2D eigenvalue weighted by Gasteiger charge is 2.39. The lowest BCUT2D eigenvalue weighted by molar-refractivity contribution is 0.0305. The zero-order chi connectivity index (χ0) is 14.0. The van der Waals surface area contributed by atoms with Gasteiger partial charge >= 0.3 is 0 Å². The molecule has 0 spiro atoms. The molecule has 1 aliphatic heterocycles. The fourth-order valence-electron chi connectivity index (χ4n) is 3.64. The molecule has 112 valence electrons. The van der Waals surface area contributed by atoms with Gasteiger partial charge in [0.05, 0.1) is 5.75 Å². The molecule has 0 aromatic rings. The molecule has 0 aromatic heterocycles. The van der Waals surface area contributed by atoms with Gasteiger partial charge in [-0.25, -0.2) is 8.42 Å². The van der Waals surface area contributed by atoms with Crippen molar-refractivity contribution in [3.8, 4) is 0 Å². The molecule has 1 saturated carbocycles. The second-order valence-corrected chi connectivity index (χ2v) is 8.87. The zero-order valence-corrected chi connectivity index (χ0v) is 13.2. The predicted octanol–water partition coefficient (Wildman–Crippen LogP) is 1.13. The molecule has 1 saturated heterocycles. The Kier molecular flexibility index (Phi) is 4.90. The van der Waals surface area contributed by atoms with Crippen molar-refractivity contribution in [2.75, 3.05) is 31.6 Å². The quantitative estimate of drug-likeness (QED) is 0.824. The summed E-state index contributed by atoms with van der Waals surface area (Å²) in [4.78, 5) is 2.59. The maximum Gasteiger partial charge on any atom is 0.148 e. The van der Waals surface area contributed by atoms with Crippen molar-refractivity contribution in [3.05, 3.63) is 0 Å². The number of sulfone groups is 1. The van der Waals surface area contributed by atoms with Crippen molar-refractivity contribution in [2.24, 2.45) is 11.8 Å². The van der Waals surface area contributed by atoms with Crippen LogP contribution in [0.2, 0.25) is 0 Å². The number of nitrogens with zero attached hydrogens (tertiary/aromatic N) is 1. The van der Waals surface area contributed by atoms with Crippen molar-refractivity contribution < 1.29 is 8.42 Å². The van der Waals surface area contributed by atoms with E-state index in [1.165, 1.54) is 38.6 Å². The molecule has 1 N–H and O–H groups in total. The number of fused-ring (bicyclic) bond motifs is 2. The van der Waals surface area contributed by atoms with Crippen molar-refractivity contribution in [2.45, 2.75) is 45.2 Å². The summed E-state index contributed by atoms with van der Waals surface area (Å²) < 4.78 is 22.4. The summed E-state index contributed by atoms with van der Waals surface area (Å²) in [6.07, 6.45) is 5.23. The summed E-state index contributed by atoms with van der Waals surface area (Å²) in [7, 11) is -2.85. The van der Waals surface area contributed by atoms with E-state index in [0.717, 1.165) is 0 Å². The van der Waals surface area contributed by atoms with Crippen LogP contribution < -0.4 is 5.32 Å². The minimum absolute atomic E-state index is 0.261. The van der Waals surface area contributed by atoms with Gasteiger partial charge in [-0.15, -0.1) is 0 Å². The Bertz CT molecular complexity index is 380. The van der Waals surface area contributed by atoms with Gasteiger partial charge in [0.15, 0.2) is 0 Å². The first-order chi connectivity index (χ1) is 8.87. The smallest absolute Gasteiger partial charge is 0.148 e. The molecule has 2 atom stereocenters. The van der Waals surface area contributed by atoms with E-state index in [1.807, 2.05) is 0 Å². The van der Waals surface area contributed by atoms with Crippen LogP contribution in [0.5, 0.6) is 0 Å². The van der Waals surface area contributed by atoms with Crippen LogP contribution in [0, 0.1) is 11.8 Å². The maximum atomic E-state index is 11.2. The molecule has 1 heterocycles. The van der Waals surface area contributed by atoms with Crippen molar-refractivity contribution in [3.63, 3.8) is 0 Å². The minimum atomic E-state index is -2.85. The normalized spacial score (nSPS) is 32.7. The summed E-state index contributed by atoms with van der Waals surface area (Å²) in [6, 6.07) is 1.16. The van der Waals surface area contributed by atoms with Gasteiger partial charge in [0.25, 0.3) is 0 Å². The van der Waals surface area contributed by atoms with Gasteiger partial charge in [-0.3, -0.25) is 0 Å². The molecule has 0 radical (unpaired) electrons. The Morgan fingerprint density at radius 1 is 1.21 bits per heavy atom. The highest BCUT2D eigenvalue weighted by Crippen LogP contribution is 2.35. The number of piperidine rings is 1. The Labute approximate surface area is 117 Å². The van der Waals surface area contributed by atoms with Crippen LogP contribution in [0.1, 0.15) is 33.1 Å². The van der Waals surface area contributed by atoms with E-state index in [-0.39, 0.29) is 5.75 Å². The standard InChI is InChI=1S/C14H28N2O2S/c1-11(2)16-9-12-5-4-6-13(10-16)14(12)15-7-8-19(3,17)18/h11-15H,4-10H2,1-3H3. The molecule has 1 aliphatic carbocycles. The second kappa shape index (κ2) is 6.10. The first-order valence-corrected chi connectivity index (χ1v) is 9.58. The molecule has 19 heavy (non-hydrogen) atoms. The fourth-order valence-corrected chi connectivity index (χ4v) is 4.13. The molecule has 5 heteroatoms. The molecule has 2 fully saturated rings. The summed E-state index contributed by atoms with van der Waals surface area (Å²) in [6.45, 7) is 7.49. The minimum Gasteiger partial charge on any atom is -0.312 e. The number of hydrogen-bond donors (Lipinski definition) is 1. The van der Waals surface area contributed by atoms with Gasteiger partial charge < -0.3 is 10.2 Å². The van der Waals surface area contributed by atoms with Gasteiger partial charge in [0, 0.05) is 38.0 Å². The lowest BCUT2D eigenvalue weighted by atomic mass is 9.73. The molecule has 2 aliphatic rings. The van der Waals surface area contributed by atoms with E-state index in [0.29, 0.717) is 30.5 Å². The average molecular weight is 288 g/mol. The van der Waals surface area contributed by atoms with E-state index >= 15 is 0 Å². The fraction of sp³-hybridized carbons (Fsp3) is 1.00. The van der Waals surface area contributed by atoms with E-state index in [1.54, 1.807) is 0 Å². The first-order valence-electron chi connectivity index (χ1n) is 7.52. The van der Waals surface area contributed by atoms with Crippen LogP contribution in [0.4, 0.5) is 0 Å². The molecule has 2 rings (SSSR count). The number of hydrogen-bond acceptors (Lipinski definition) is 4.